The standard InChI is InChI=1S/C14H24N2/c1-11-5-6-14(9-12(11)2)10-16(4)8-7-13(3)15/h5-6,9,13H,7-8,10,15H2,1-4H3. The van der Waals surface area contributed by atoms with Crippen LogP contribution in [0.3, 0.4) is 0 Å². The van der Waals surface area contributed by atoms with Gasteiger partial charge in [0.2, 0.25) is 0 Å². The monoisotopic (exact) mass is 220 g/mol. The van der Waals surface area contributed by atoms with Crippen molar-refractivity contribution in [2.24, 2.45) is 5.73 Å². The van der Waals surface area contributed by atoms with Gasteiger partial charge < -0.3 is 10.6 Å². The van der Waals surface area contributed by atoms with E-state index in [4.69, 9.17) is 5.73 Å². The van der Waals surface area contributed by atoms with E-state index in [0.29, 0.717) is 6.04 Å². The van der Waals surface area contributed by atoms with Crippen LogP contribution >= 0.6 is 0 Å². The third kappa shape index (κ3) is 4.33. The van der Waals surface area contributed by atoms with Gasteiger partial charge in [0.15, 0.2) is 0 Å². The first-order chi connectivity index (χ1) is 7.49. The molecule has 90 valence electrons. The zero-order valence-corrected chi connectivity index (χ0v) is 11.0. The largest absolute Gasteiger partial charge is 0.328 e. The van der Waals surface area contributed by atoms with Gasteiger partial charge in [0.05, 0.1) is 0 Å². The highest BCUT2D eigenvalue weighted by molar-refractivity contribution is 5.29. The van der Waals surface area contributed by atoms with Gasteiger partial charge >= 0.3 is 0 Å². The third-order valence-electron chi connectivity index (χ3n) is 2.99. The molecule has 0 fully saturated rings. The van der Waals surface area contributed by atoms with Crippen molar-refractivity contribution in [1.82, 2.24) is 4.90 Å². The van der Waals surface area contributed by atoms with Crippen molar-refractivity contribution in [3.05, 3.63) is 34.9 Å². The first-order valence-corrected chi connectivity index (χ1v) is 5.99. The van der Waals surface area contributed by atoms with E-state index < -0.39 is 0 Å². The summed E-state index contributed by atoms with van der Waals surface area (Å²) in [6.07, 6.45) is 1.06. The smallest absolute Gasteiger partial charge is 0.0230 e. The van der Waals surface area contributed by atoms with Crippen LogP contribution in [0.4, 0.5) is 0 Å². The number of aryl methyl sites for hydroxylation is 2. The molecule has 0 aromatic heterocycles. The SMILES string of the molecule is Cc1ccc(CN(C)CCC(C)N)cc1C. The number of benzene rings is 1. The summed E-state index contributed by atoms with van der Waals surface area (Å²) >= 11 is 0. The van der Waals surface area contributed by atoms with Crippen LogP contribution in [0.5, 0.6) is 0 Å². The van der Waals surface area contributed by atoms with Gasteiger partial charge in [-0.1, -0.05) is 18.2 Å². The Balaban J connectivity index is 2.49. The predicted molar refractivity (Wildman–Crippen MR) is 70.5 cm³/mol. The molecule has 0 heterocycles. The van der Waals surface area contributed by atoms with Gasteiger partial charge in [0.25, 0.3) is 0 Å². The van der Waals surface area contributed by atoms with Crippen LogP contribution in [0.1, 0.15) is 30.0 Å². The lowest BCUT2D eigenvalue weighted by Gasteiger charge is -2.18. The topological polar surface area (TPSA) is 29.3 Å². The minimum absolute atomic E-state index is 0.294. The molecule has 1 rings (SSSR count). The van der Waals surface area contributed by atoms with E-state index in [0.717, 1.165) is 19.5 Å². The molecular formula is C14H24N2. The first kappa shape index (κ1) is 13.2. The van der Waals surface area contributed by atoms with Gasteiger partial charge in [0, 0.05) is 12.6 Å². The molecule has 1 aromatic rings. The number of nitrogens with zero attached hydrogens (tertiary/aromatic N) is 1. The summed E-state index contributed by atoms with van der Waals surface area (Å²) in [6.45, 7) is 8.45. The van der Waals surface area contributed by atoms with Crippen LogP contribution in [-0.2, 0) is 6.54 Å². The molecule has 2 heteroatoms. The molecule has 0 aliphatic rings. The minimum atomic E-state index is 0.294. The summed E-state index contributed by atoms with van der Waals surface area (Å²) in [6, 6.07) is 6.98. The third-order valence-corrected chi connectivity index (χ3v) is 2.99. The molecule has 1 aromatic carbocycles. The molecule has 0 radical (unpaired) electrons. The Morgan fingerprint density at radius 1 is 1.25 bits per heavy atom. The van der Waals surface area contributed by atoms with Crippen molar-refractivity contribution in [2.75, 3.05) is 13.6 Å². The Hall–Kier alpha value is -0.860. The molecule has 2 N–H and O–H groups in total. The van der Waals surface area contributed by atoms with Crippen molar-refractivity contribution in [3.8, 4) is 0 Å². The first-order valence-electron chi connectivity index (χ1n) is 5.99. The van der Waals surface area contributed by atoms with Crippen molar-refractivity contribution in [2.45, 2.75) is 39.8 Å². The molecule has 16 heavy (non-hydrogen) atoms. The molecule has 0 saturated carbocycles. The number of hydrogen-bond donors (Lipinski definition) is 1. The van der Waals surface area contributed by atoms with Gasteiger partial charge in [0.1, 0.15) is 0 Å². The van der Waals surface area contributed by atoms with Gasteiger partial charge in [-0.05, 0) is 57.5 Å². The average Bonchev–Trinajstić information content (AvgIpc) is 2.21. The molecule has 0 saturated heterocycles. The van der Waals surface area contributed by atoms with Gasteiger partial charge in [-0.2, -0.15) is 0 Å². The highest BCUT2D eigenvalue weighted by Crippen LogP contribution is 2.11. The van der Waals surface area contributed by atoms with Crippen molar-refractivity contribution >= 4 is 0 Å². The van der Waals surface area contributed by atoms with Gasteiger partial charge in [-0.3, -0.25) is 0 Å². The molecule has 0 spiro atoms. The number of nitrogens with two attached hydrogens (primary N) is 1. The maximum Gasteiger partial charge on any atom is 0.0230 e. The Kier molecular flexibility index (Phi) is 4.97. The second kappa shape index (κ2) is 6.02. The fraction of sp³-hybridized carbons (Fsp3) is 0.571. The average molecular weight is 220 g/mol. The summed E-state index contributed by atoms with van der Waals surface area (Å²) in [5.41, 5.74) is 9.87. The van der Waals surface area contributed by atoms with Crippen LogP contribution in [0.2, 0.25) is 0 Å². The van der Waals surface area contributed by atoms with Gasteiger partial charge in [-0.25, -0.2) is 0 Å². The van der Waals surface area contributed by atoms with Crippen molar-refractivity contribution < 1.29 is 0 Å². The maximum absolute atomic E-state index is 5.75. The quantitative estimate of drug-likeness (QED) is 0.826. The van der Waals surface area contributed by atoms with Crippen LogP contribution < -0.4 is 5.73 Å². The van der Waals surface area contributed by atoms with E-state index in [1.165, 1.54) is 16.7 Å². The summed E-state index contributed by atoms with van der Waals surface area (Å²) in [5, 5.41) is 0. The lowest BCUT2D eigenvalue weighted by Crippen LogP contribution is -2.25. The molecule has 2 nitrogen and oxygen atoms in total. The lowest BCUT2D eigenvalue weighted by atomic mass is 10.1. The Morgan fingerprint density at radius 3 is 2.50 bits per heavy atom. The van der Waals surface area contributed by atoms with Crippen LogP contribution in [0.25, 0.3) is 0 Å². The van der Waals surface area contributed by atoms with E-state index in [9.17, 15) is 0 Å². The van der Waals surface area contributed by atoms with E-state index in [-0.39, 0.29) is 0 Å². The summed E-state index contributed by atoms with van der Waals surface area (Å²) in [4.78, 5) is 2.33. The predicted octanol–water partition coefficient (Wildman–Crippen LogP) is 2.47. The molecule has 0 aliphatic carbocycles. The molecule has 1 unspecified atom stereocenters. The normalized spacial score (nSPS) is 13.1. The van der Waals surface area contributed by atoms with E-state index >= 15 is 0 Å². The number of rotatable bonds is 5. The van der Waals surface area contributed by atoms with E-state index in [1.54, 1.807) is 0 Å². The summed E-state index contributed by atoms with van der Waals surface area (Å²) in [5.74, 6) is 0. The number of hydrogen-bond acceptors (Lipinski definition) is 2. The Labute approximate surface area is 99.5 Å². The highest BCUT2D eigenvalue weighted by Gasteiger charge is 2.03. The second-order valence-electron chi connectivity index (χ2n) is 4.92. The molecule has 0 bridgehead atoms. The lowest BCUT2D eigenvalue weighted by molar-refractivity contribution is 0.313. The molecule has 0 amide bonds. The van der Waals surface area contributed by atoms with Gasteiger partial charge in [-0.15, -0.1) is 0 Å². The molecule has 1 atom stereocenters. The minimum Gasteiger partial charge on any atom is -0.328 e. The van der Waals surface area contributed by atoms with Crippen molar-refractivity contribution in [3.63, 3.8) is 0 Å². The maximum atomic E-state index is 5.75. The molecule has 0 aliphatic heterocycles. The van der Waals surface area contributed by atoms with Crippen LogP contribution in [-0.4, -0.2) is 24.5 Å². The fourth-order valence-corrected chi connectivity index (χ4v) is 1.72. The Morgan fingerprint density at radius 2 is 1.94 bits per heavy atom. The second-order valence-corrected chi connectivity index (χ2v) is 4.92. The molecular weight excluding hydrogens is 196 g/mol. The zero-order valence-electron chi connectivity index (χ0n) is 11.0. The van der Waals surface area contributed by atoms with E-state index in [2.05, 4.69) is 50.9 Å². The fourth-order valence-electron chi connectivity index (χ4n) is 1.72. The summed E-state index contributed by atoms with van der Waals surface area (Å²) < 4.78 is 0. The zero-order chi connectivity index (χ0) is 12.1. The highest BCUT2D eigenvalue weighted by atomic mass is 15.1. The van der Waals surface area contributed by atoms with Crippen molar-refractivity contribution in [1.29, 1.82) is 0 Å². The Bertz CT molecular complexity index is 332. The van der Waals surface area contributed by atoms with Crippen LogP contribution in [0, 0.1) is 13.8 Å². The van der Waals surface area contributed by atoms with Crippen LogP contribution in [0.15, 0.2) is 18.2 Å². The summed E-state index contributed by atoms with van der Waals surface area (Å²) in [7, 11) is 2.15. The van der Waals surface area contributed by atoms with E-state index in [1.807, 2.05) is 0 Å².